The zero-order valence-electron chi connectivity index (χ0n) is 27.7. The van der Waals surface area contributed by atoms with Crippen molar-refractivity contribution >= 4 is 69.2 Å². The molecule has 0 aliphatic heterocycles. The molecule has 0 fully saturated rings. The Morgan fingerprint density at radius 1 is 0.604 bits per heavy atom. The predicted octanol–water partition coefficient (Wildman–Crippen LogP) is -3.53. The average molecular weight is 749 g/mol. The maximum Gasteiger partial charge on any atom is 0.323 e. The number of hydrogen-bond donors (Lipinski definition) is 2. The molecule has 0 rings (SSSR count). The number of likely N-dealkylation sites (N-methyl/N-ethyl adjacent to an activating group) is 6. The normalized spacial score (nSPS) is 10.1. The van der Waals surface area contributed by atoms with E-state index in [-0.39, 0.29) is 18.4 Å². The van der Waals surface area contributed by atoms with E-state index in [4.69, 9.17) is 10.6 Å². The molecule has 22 heteroatoms. The molecule has 8 amide bonds. The minimum atomic E-state index is -1.22. The second-order valence-electron chi connectivity index (χ2n) is 10.6. The summed E-state index contributed by atoms with van der Waals surface area (Å²) in [6.07, 6.45) is 0. The molecule has 21 nitrogen and oxygen atoms in total. The number of nitrogens with one attached hydrogen (secondary N) is 1. The highest BCUT2D eigenvalue weighted by atomic mass is 79.9. The summed E-state index contributed by atoms with van der Waals surface area (Å²) in [5, 5.41) is 14.4. The quantitative estimate of drug-likeness (QED) is 0.0537. The molecule has 0 aliphatic rings. The fourth-order valence-electron chi connectivity index (χ4n) is 3.47. The largest absolute Gasteiger partial charge is 0.480 e. The van der Waals surface area contributed by atoms with Crippen molar-refractivity contribution in [3.8, 4) is 0 Å². The van der Waals surface area contributed by atoms with Crippen LogP contribution in [0.4, 0.5) is 0 Å². The van der Waals surface area contributed by atoms with Gasteiger partial charge in [0, 0.05) is 60.3 Å². The lowest BCUT2D eigenvalue weighted by Gasteiger charge is -2.27. The van der Waals surface area contributed by atoms with Gasteiger partial charge in [0.05, 0.1) is 51.1 Å². The smallest absolute Gasteiger partial charge is 0.323 e. The van der Waals surface area contributed by atoms with E-state index in [1.807, 2.05) is 0 Å². The van der Waals surface area contributed by atoms with Crippen LogP contribution < -0.4 is 5.32 Å². The van der Waals surface area contributed by atoms with E-state index in [1.165, 1.54) is 42.3 Å². The van der Waals surface area contributed by atoms with E-state index >= 15 is 0 Å². The van der Waals surface area contributed by atoms with Crippen LogP contribution in [0.5, 0.6) is 0 Å². The molecule has 48 heavy (non-hydrogen) atoms. The van der Waals surface area contributed by atoms with Gasteiger partial charge in [0.2, 0.25) is 47.3 Å². The van der Waals surface area contributed by atoms with Crippen molar-refractivity contribution in [2.45, 2.75) is 0 Å². The minimum Gasteiger partial charge on any atom is -0.480 e. The average Bonchev–Trinajstić information content (AvgIpc) is 3.01. The summed E-state index contributed by atoms with van der Waals surface area (Å²) < 4.78 is 0. The van der Waals surface area contributed by atoms with Crippen LogP contribution in [0.3, 0.4) is 0 Å². The molecule has 0 aliphatic carbocycles. The zero-order chi connectivity index (χ0) is 37.1. The molecular formula is C26H42BrN11O10. The standard InChI is InChI=1S/C26H42BrN11O10/c1-32(11-20(41)33(2)13-22(43)35(4)15-24(45)37(6)17-26(47)48)21(42)12-34(3)23(44)14-36(5)25(46)16-38(8-7-30-31-28)19(40)10-29-18(39)9-27/h7-17H2,1-6H3,(H,29,39)(H,47,48). The highest BCUT2D eigenvalue weighted by molar-refractivity contribution is 9.09. The van der Waals surface area contributed by atoms with E-state index in [2.05, 4.69) is 31.3 Å². The summed E-state index contributed by atoms with van der Waals surface area (Å²) in [5.74, 6) is -6.05. The fraction of sp³-hybridized carbons (Fsp3) is 0.654. The van der Waals surface area contributed by atoms with Gasteiger partial charge in [-0.3, -0.25) is 43.2 Å². The van der Waals surface area contributed by atoms with Gasteiger partial charge in [-0.25, -0.2) is 0 Å². The number of rotatable bonds is 20. The molecule has 0 atom stereocenters. The lowest BCUT2D eigenvalue weighted by atomic mass is 10.3. The minimum absolute atomic E-state index is 0.0386. The second-order valence-corrected chi connectivity index (χ2v) is 11.1. The monoisotopic (exact) mass is 747 g/mol. The van der Waals surface area contributed by atoms with E-state index in [0.29, 0.717) is 0 Å². The van der Waals surface area contributed by atoms with E-state index in [1.54, 1.807) is 0 Å². The Morgan fingerprint density at radius 2 is 0.938 bits per heavy atom. The van der Waals surface area contributed by atoms with Gasteiger partial charge in [-0.15, -0.1) is 0 Å². The number of aliphatic carboxylic acids is 1. The zero-order valence-corrected chi connectivity index (χ0v) is 29.3. The number of alkyl halides is 1. The van der Waals surface area contributed by atoms with Crippen LogP contribution in [0, 0.1) is 0 Å². The van der Waals surface area contributed by atoms with Crippen LogP contribution in [0.25, 0.3) is 10.4 Å². The Bertz CT molecular complexity index is 1280. The van der Waals surface area contributed by atoms with Crippen LogP contribution in [-0.4, -0.2) is 206 Å². The van der Waals surface area contributed by atoms with E-state index < -0.39 is 106 Å². The first-order chi connectivity index (χ1) is 22.3. The summed E-state index contributed by atoms with van der Waals surface area (Å²) in [6.45, 7) is -3.87. The van der Waals surface area contributed by atoms with Crippen molar-refractivity contribution in [1.29, 1.82) is 0 Å². The van der Waals surface area contributed by atoms with Crippen molar-refractivity contribution in [3.63, 3.8) is 0 Å². The molecule has 0 spiro atoms. The number of halogens is 1. The molecular weight excluding hydrogens is 706 g/mol. The van der Waals surface area contributed by atoms with E-state index in [0.717, 1.165) is 34.3 Å². The van der Waals surface area contributed by atoms with Gasteiger partial charge < -0.3 is 44.7 Å². The first-order valence-corrected chi connectivity index (χ1v) is 15.2. The molecule has 0 saturated carbocycles. The van der Waals surface area contributed by atoms with Crippen LogP contribution in [0.2, 0.25) is 0 Å². The van der Waals surface area contributed by atoms with Crippen LogP contribution in [-0.2, 0) is 43.2 Å². The number of amides is 8. The predicted molar refractivity (Wildman–Crippen MR) is 171 cm³/mol. The maximum atomic E-state index is 12.8. The van der Waals surface area contributed by atoms with Crippen LogP contribution >= 0.6 is 15.9 Å². The van der Waals surface area contributed by atoms with Crippen molar-refractivity contribution in [2.75, 3.05) is 113 Å². The lowest BCUT2D eigenvalue weighted by molar-refractivity contribution is -0.147. The topological polar surface area (TPSA) is 257 Å². The third kappa shape index (κ3) is 16.5. The Kier molecular flexibility index (Phi) is 19.5. The molecule has 0 aromatic carbocycles. The Balaban J connectivity index is 4.99. The summed E-state index contributed by atoms with van der Waals surface area (Å²) in [5.41, 5.74) is 8.51. The number of nitrogens with zero attached hydrogens (tertiary/aromatic N) is 10. The highest BCUT2D eigenvalue weighted by Crippen LogP contribution is 2.00. The molecule has 0 heterocycles. The molecule has 268 valence electrons. The first-order valence-electron chi connectivity index (χ1n) is 14.1. The third-order valence-electron chi connectivity index (χ3n) is 6.56. The molecule has 0 radical (unpaired) electrons. The Hall–Kier alpha value is -4.98. The van der Waals surface area contributed by atoms with Crippen molar-refractivity contribution < 1.29 is 48.3 Å². The number of carboxylic acid groups (broad SMARTS) is 1. The number of hydrogen-bond acceptors (Lipinski definition) is 10. The molecule has 0 aromatic rings. The van der Waals surface area contributed by atoms with Crippen LogP contribution in [0.15, 0.2) is 5.11 Å². The number of carbonyl (C=O) groups is 9. The van der Waals surface area contributed by atoms with Gasteiger partial charge in [0.15, 0.2) is 0 Å². The molecule has 0 bridgehead atoms. The summed E-state index contributed by atoms with van der Waals surface area (Å²) in [7, 11) is 7.84. The van der Waals surface area contributed by atoms with Gasteiger partial charge in [-0.1, -0.05) is 21.0 Å². The van der Waals surface area contributed by atoms with Gasteiger partial charge >= 0.3 is 5.97 Å². The number of carbonyl (C=O) groups excluding carboxylic acids is 8. The first kappa shape index (κ1) is 43.0. The molecule has 0 saturated heterocycles. The van der Waals surface area contributed by atoms with Crippen molar-refractivity contribution in [2.24, 2.45) is 5.11 Å². The third-order valence-corrected chi connectivity index (χ3v) is 7.07. The highest BCUT2D eigenvalue weighted by Gasteiger charge is 2.25. The van der Waals surface area contributed by atoms with Gasteiger partial charge in [0.1, 0.15) is 6.54 Å². The fourth-order valence-corrected chi connectivity index (χ4v) is 3.67. The Morgan fingerprint density at radius 3 is 1.25 bits per heavy atom. The van der Waals surface area contributed by atoms with Gasteiger partial charge in [-0.2, -0.15) is 0 Å². The van der Waals surface area contributed by atoms with Crippen LogP contribution in [0.1, 0.15) is 0 Å². The molecule has 0 aromatic heterocycles. The van der Waals surface area contributed by atoms with Crippen molar-refractivity contribution in [3.05, 3.63) is 10.4 Å². The summed E-state index contributed by atoms with van der Waals surface area (Å²) in [4.78, 5) is 120. The number of azide groups is 1. The second kappa shape index (κ2) is 21.7. The SMILES string of the molecule is CN(CC(=O)O)C(=O)CN(C)C(=O)CN(C)C(=O)CN(C)C(=O)CN(C)C(=O)CN(C)C(=O)CN(CCN=[N+]=[N-])C(=O)CNC(=O)CBr. The summed E-state index contributed by atoms with van der Waals surface area (Å²) in [6, 6.07) is 0. The molecule has 0 unspecified atom stereocenters. The maximum absolute atomic E-state index is 12.8. The number of carboxylic acids is 1. The van der Waals surface area contributed by atoms with Crippen molar-refractivity contribution in [1.82, 2.24) is 39.6 Å². The molecule has 2 N–H and O–H groups in total. The van der Waals surface area contributed by atoms with Gasteiger partial charge in [-0.05, 0) is 5.53 Å². The van der Waals surface area contributed by atoms with Gasteiger partial charge in [0.25, 0.3) is 0 Å². The Labute approximate surface area is 285 Å². The summed E-state index contributed by atoms with van der Waals surface area (Å²) >= 11 is 2.95. The lowest BCUT2D eigenvalue weighted by Crippen LogP contribution is -2.49. The van der Waals surface area contributed by atoms with E-state index in [9.17, 15) is 43.2 Å².